The van der Waals surface area contributed by atoms with E-state index in [0.29, 0.717) is 5.95 Å². The summed E-state index contributed by atoms with van der Waals surface area (Å²) in [5.41, 5.74) is 1.28. The van der Waals surface area contributed by atoms with E-state index in [-0.39, 0.29) is 11.4 Å². The zero-order chi connectivity index (χ0) is 22.3. The largest absolute Gasteiger partial charge is 0.327 e. The first-order valence-electron chi connectivity index (χ1n) is 10.9. The number of aromatic nitrogens is 4. The van der Waals surface area contributed by atoms with Crippen LogP contribution in [-0.4, -0.2) is 74.7 Å². The van der Waals surface area contributed by atoms with Crippen molar-refractivity contribution in [3.05, 3.63) is 41.0 Å². The Bertz CT molecular complexity index is 1130. The van der Waals surface area contributed by atoms with Crippen LogP contribution in [0.15, 0.2) is 30.6 Å². The molecule has 0 radical (unpaired) electrons. The Morgan fingerprint density at radius 2 is 2.00 bits per heavy atom. The molecule has 2 aliphatic rings. The van der Waals surface area contributed by atoms with Gasteiger partial charge in [-0.15, -0.1) is 11.3 Å². The Hall–Kier alpha value is -2.82. The number of rotatable bonds is 6. The van der Waals surface area contributed by atoms with Crippen molar-refractivity contribution in [2.75, 3.05) is 44.6 Å². The van der Waals surface area contributed by atoms with Gasteiger partial charge < -0.3 is 15.5 Å². The van der Waals surface area contributed by atoms with Crippen LogP contribution in [0.2, 0.25) is 0 Å². The number of hydrogen-bond donors (Lipinski definition) is 2. The van der Waals surface area contributed by atoms with Crippen molar-refractivity contribution in [2.45, 2.75) is 19.4 Å². The van der Waals surface area contributed by atoms with Crippen molar-refractivity contribution in [1.82, 2.24) is 34.9 Å². The van der Waals surface area contributed by atoms with E-state index >= 15 is 0 Å². The summed E-state index contributed by atoms with van der Waals surface area (Å²) in [4.78, 5) is 28.8. The summed E-state index contributed by atoms with van der Waals surface area (Å²) in [6.45, 7) is 10.1. The lowest BCUT2D eigenvalue weighted by atomic mass is 10.0. The minimum atomic E-state index is -0.327. The molecule has 0 saturated carbocycles. The molecule has 0 bridgehead atoms. The maximum atomic E-state index is 13.3. The van der Waals surface area contributed by atoms with Gasteiger partial charge in [-0.25, -0.2) is 9.97 Å². The molecule has 2 N–H and O–H groups in total. The van der Waals surface area contributed by atoms with Gasteiger partial charge in [0.05, 0.1) is 27.9 Å². The molecule has 1 fully saturated rings. The van der Waals surface area contributed by atoms with Gasteiger partial charge in [-0.05, 0) is 26.0 Å². The molecule has 168 valence electrons. The summed E-state index contributed by atoms with van der Waals surface area (Å²) in [6, 6.07) is 5.74. The van der Waals surface area contributed by atoms with Gasteiger partial charge in [-0.1, -0.05) is 0 Å². The van der Waals surface area contributed by atoms with Crippen LogP contribution in [0.4, 0.5) is 11.8 Å². The van der Waals surface area contributed by atoms with Crippen LogP contribution in [0, 0.1) is 0 Å². The number of carbonyl (C=O) groups is 1. The maximum absolute atomic E-state index is 13.3. The van der Waals surface area contributed by atoms with Crippen molar-refractivity contribution in [3.63, 3.8) is 0 Å². The summed E-state index contributed by atoms with van der Waals surface area (Å²) < 4.78 is 1.73. The van der Waals surface area contributed by atoms with Crippen LogP contribution in [0.25, 0.3) is 10.6 Å². The standard InChI is InChI=1S/C22H28N8OS/c1-22(2)19-15(20(31)30(22)13-12-29-10-8-23-9-11-29)14-17(32-19)16-4-6-24-21(26-16)27-18-5-7-25-28(18)3/h4-7,14,23H,8-13H2,1-3H3,(H,24,26,27). The molecule has 0 atom stereocenters. The SMILES string of the molecule is Cn1nccc1Nc1nccc(-c2cc3c(s2)C(C)(C)N(CCN2CCNCC2)C3=O)n1. The molecule has 2 aliphatic heterocycles. The second-order valence-corrected chi connectivity index (χ2v) is 9.74. The zero-order valence-electron chi connectivity index (χ0n) is 18.6. The smallest absolute Gasteiger partial charge is 0.255 e. The number of nitrogens with one attached hydrogen (secondary N) is 2. The lowest BCUT2D eigenvalue weighted by Crippen LogP contribution is -2.48. The first kappa shape index (κ1) is 21.0. The van der Waals surface area contributed by atoms with Crippen LogP contribution in [0.1, 0.15) is 29.1 Å². The van der Waals surface area contributed by atoms with Gasteiger partial charge >= 0.3 is 0 Å². The molecule has 0 aliphatic carbocycles. The van der Waals surface area contributed by atoms with E-state index in [1.807, 2.05) is 30.1 Å². The lowest BCUT2D eigenvalue weighted by Gasteiger charge is -2.35. The minimum Gasteiger partial charge on any atom is -0.327 e. The second kappa shape index (κ2) is 8.27. The number of anilines is 2. The maximum Gasteiger partial charge on any atom is 0.255 e. The van der Waals surface area contributed by atoms with Gasteiger partial charge in [0.2, 0.25) is 5.95 Å². The Kier molecular flexibility index (Phi) is 5.44. The number of thiophene rings is 1. The number of aryl methyl sites for hydroxylation is 1. The highest BCUT2D eigenvalue weighted by Crippen LogP contribution is 2.45. The third-order valence-electron chi connectivity index (χ3n) is 6.26. The number of carbonyl (C=O) groups excluding carboxylic acids is 1. The summed E-state index contributed by atoms with van der Waals surface area (Å²) in [5.74, 6) is 1.43. The molecular formula is C22H28N8OS. The number of piperazine rings is 1. The Balaban J connectivity index is 1.35. The third-order valence-corrected chi connectivity index (χ3v) is 7.73. The van der Waals surface area contributed by atoms with E-state index in [4.69, 9.17) is 0 Å². The van der Waals surface area contributed by atoms with E-state index in [0.717, 1.165) is 66.1 Å². The van der Waals surface area contributed by atoms with Gasteiger partial charge in [0.15, 0.2) is 0 Å². The summed E-state index contributed by atoms with van der Waals surface area (Å²) in [5, 5.41) is 10.7. The van der Waals surface area contributed by atoms with Crippen molar-refractivity contribution in [2.24, 2.45) is 7.05 Å². The Morgan fingerprint density at radius 3 is 2.72 bits per heavy atom. The molecule has 5 heterocycles. The molecule has 3 aromatic heterocycles. The lowest BCUT2D eigenvalue weighted by molar-refractivity contribution is 0.0582. The highest BCUT2D eigenvalue weighted by molar-refractivity contribution is 7.16. The minimum absolute atomic E-state index is 0.116. The van der Waals surface area contributed by atoms with Crippen LogP contribution in [-0.2, 0) is 12.6 Å². The zero-order valence-corrected chi connectivity index (χ0v) is 19.4. The van der Waals surface area contributed by atoms with Crippen molar-refractivity contribution in [3.8, 4) is 10.6 Å². The fourth-order valence-corrected chi connectivity index (χ4v) is 5.61. The van der Waals surface area contributed by atoms with E-state index in [1.165, 1.54) is 0 Å². The fraction of sp³-hybridized carbons (Fsp3) is 0.455. The van der Waals surface area contributed by atoms with Gasteiger partial charge in [-0.3, -0.25) is 14.4 Å². The summed E-state index contributed by atoms with van der Waals surface area (Å²) >= 11 is 1.65. The van der Waals surface area contributed by atoms with Gasteiger partial charge in [0.25, 0.3) is 5.91 Å². The van der Waals surface area contributed by atoms with Crippen LogP contribution < -0.4 is 10.6 Å². The van der Waals surface area contributed by atoms with Crippen LogP contribution in [0.3, 0.4) is 0 Å². The topological polar surface area (TPSA) is 91.2 Å². The molecule has 0 unspecified atom stereocenters. The van der Waals surface area contributed by atoms with Crippen LogP contribution >= 0.6 is 11.3 Å². The summed E-state index contributed by atoms with van der Waals surface area (Å²) in [7, 11) is 1.86. The van der Waals surface area contributed by atoms with Crippen molar-refractivity contribution >= 4 is 29.0 Å². The number of amides is 1. The number of hydrogen-bond acceptors (Lipinski definition) is 8. The molecule has 10 heteroatoms. The average Bonchev–Trinajstić information content (AvgIpc) is 3.45. The van der Waals surface area contributed by atoms with E-state index in [9.17, 15) is 4.79 Å². The monoisotopic (exact) mass is 452 g/mol. The number of fused-ring (bicyclic) bond motifs is 1. The van der Waals surface area contributed by atoms with Crippen molar-refractivity contribution in [1.29, 1.82) is 0 Å². The Labute approximate surface area is 191 Å². The molecule has 9 nitrogen and oxygen atoms in total. The Morgan fingerprint density at radius 1 is 1.19 bits per heavy atom. The second-order valence-electron chi connectivity index (χ2n) is 8.69. The molecular weight excluding hydrogens is 424 g/mol. The van der Waals surface area contributed by atoms with Gasteiger partial charge in [0.1, 0.15) is 5.82 Å². The highest BCUT2D eigenvalue weighted by Gasteiger charge is 2.44. The van der Waals surface area contributed by atoms with E-state index in [1.54, 1.807) is 28.4 Å². The molecule has 0 spiro atoms. The molecule has 1 amide bonds. The average molecular weight is 453 g/mol. The normalized spacial score (nSPS) is 18.2. The molecule has 0 aromatic carbocycles. The van der Waals surface area contributed by atoms with Crippen molar-refractivity contribution < 1.29 is 4.79 Å². The quantitative estimate of drug-likeness (QED) is 0.593. The predicted octanol–water partition coefficient (Wildman–Crippen LogP) is 2.28. The van der Waals surface area contributed by atoms with E-state index in [2.05, 4.69) is 44.4 Å². The highest BCUT2D eigenvalue weighted by atomic mass is 32.1. The van der Waals surface area contributed by atoms with E-state index < -0.39 is 0 Å². The molecule has 5 rings (SSSR count). The van der Waals surface area contributed by atoms with Crippen LogP contribution in [0.5, 0.6) is 0 Å². The predicted molar refractivity (Wildman–Crippen MR) is 125 cm³/mol. The number of nitrogens with zero attached hydrogens (tertiary/aromatic N) is 6. The third kappa shape index (κ3) is 3.78. The first-order chi connectivity index (χ1) is 15.4. The van der Waals surface area contributed by atoms with Gasteiger partial charge in [0, 0.05) is 63.5 Å². The summed E-state index contributed by atoms with van der Waals surface area (Å²) in [6.07, 6.45) is 3.45. The van der Waals surface area contributed by atoms with Gasteiger partial charge in [-0.2, -0.15) is 5.10 Å². The first-order valence-corrected chi connectivity index (χ1v) is 11.7. The molecule has 1 saturated heterocycles. The fourth-order valence-electron chi connectivity index (χ4n) is 4.38. The molecule has 32 heavy (non-hydrogen) atoms. The molecule has 3 aromatic rings.